The molecule has 0 aliphatic rings. The van der Waals surface area contributed by atoms with E-state index >= 15 is 0 Å². The zero-order valence-corrected chi connectivity index (χ0v) is 12.6. The third-order valence-corrected chi connectivity index (χ3v) is 3.25. The highest BCUT2D eigenvalue weighted by Gasteiger charge is 2.12. The van der Waals surface area contributed by atoms with Crippen LogP contribution in [0.4, 0.5) is 5.82 Å². The van der Waals surface area contributed by atoms with Gasteiger partial charge in [-0.05, 0) is 25.0 Å². The van der Waals surface area contributed by atoms with Crippen molar-refractivity contribution in [1.82, 2.24) is 9.97 Å². The maximum atomic E-state index is 9.06. The quantitative estimate of drug-likeness (QED) is 0.874. The van der Waals surface area contributed by atoms with Crippen molar-refractivity contribution in [2.45, 2.75) is 33.1 Å². The van der Waals surface area contributed by atoms with Crippen LogP contribution in [0.2, 0.25) is 0 Å². The van der Waals surface area contributed by atoms with E-state index in [-0.39, 0.29) is 0 Å². The highest BCUT2D eigenvalue weighted by Crippen LogP contribution is 2.27. The van der Waals surface area contributed by atoms with Crippen LogP contribution in [0.25, 0.3) is 11.3 Å². The molecule has 1 aromatic heterocycles. The Morgan fingerprint density at radius 3 is 2.76 bits per heavy atom. The summed E-state index contributed by atoms with van der Waals surface area (Å²) in [7, 11) is 0. The minimum Gasteiger partial charge on any atom is -0.370 e. The van der Waals surface area contributed by atoms with Gasteiger partial charge in [0.1, 0.15) is 12.1 Å². The van der Waals surface area contributed by atoms with Crippen LogP contribution in [0.1, 0.15) is 37.8 Å². The van der Waals surface area contributed by atoms with Crippen LogP contribution in [-0.2, 0) is 6.42 Å². The fourth-order valence-electron chi connectivity index (χ4n) is 2.28. The van der Waals surface area contributed by atoms with Crippen LogP contribution in [0.3, 0.4) is 0 Å². The van der Waals surface area contributed by atoms with Crippen LogP contribution in [0, 0.1) is 11.3 Å². The van der Waals surface area contributed by atoms with Crippen LogP contribution >= 0.6 is 0 Å². The molecule has 108 valence electrons. The molecule has 0 amide bonds. The van der Waals surface area contributed by atoms with E-state index < -0.39 is 0 Å². The lowest BCUT2D eigenvalue weighted by Crippen LogP contribution is -2.07. The van der Waals surface area contributed by atoms with E-state index in [1.807, 2.05) is 18.2 Å². The van der Waals surface area contributed by atoms with Crippen molar-refractivity contribution in [2.24, 2.45) is 0 Å². The van der Waals surface area contributed by atoms with Crippen LogP contribution in [-0.4, -0.2) is 16.5 Å². The summed E-state index contributed by atoms with van der Waals surface area (Å²) in [4.78, 5) is 8.83. The molecule has 0 saturated carbocycles. The molecule has 2 rings (SSSR count). The molecular formula is C17H20N4. The van der Waals surface area contributed by atoms with E-state index in [4.69, 9.17) is 5.26 Å². The summed E-state index contributed by atoms with van der Waals surface area (Å²) >= 11 is 0. The second-order valence-corrected chi connectivity index (χ2v) is 4.92. The summed E-state index contributed by atoms with van der Waals surface area (Å²) in [5.74, 6) is 0.908. The smallest absolute Gasteiger partial charge is 0.133 e. The van der Waals surface area contributed by atoms with Crippen molar-refractivity contribution in [2.75, 3.05) is 11.9 Å². The highest BCUT2D eigenvalue weighted by molar-refractivity contribution is 5.69. The Kier molecular flexibility index (Phi) is 5.28. The van der Waals surface area contributed by atoms with Crippen molar-refractivity contribution in [3.8, 4) is 17.3 Å². The second kappa shape index (κ2) is 7.39. The molecule has 0 bridgehead atoms. The summed E-state index contributed by atoms with van der Waals surface area (Å²) < 4.78 is 0. The molecule has 21 heavy (non-hydrogen) atoms. The van der Waals surface area contributed by atoms with Gasteiger partial charge in [-0.25, -0.2) is 9.97 Å². The molecule has 0 unspecified atom stereocenters. The average molecular weight is 280 g/mol. The Labute approximate surface area is 125 Å². The van der Waals surface area contributed by atoms with E-state index in [9.17, 15) is 0 Å². The molecule has 1 N–H and O–H groups in total. The fraction of sp³-hybridized carbons (Fsp3) is 0.353. The number of anilines is 1. The van der Waals surface area contributed by atoms with Gasteiger partial charge in [-0.1, -0.05) is 32.4 Å². The molecule has 0 saturated heterocycles. The molecule has 2 aromatic rings. The van der Waals surface area contributed by atoms with Crippen molar-refractivity contribution >= 4 is 5.82 Å². The summed E-state index contributed by atoms with van der Waals surface area (Å²) in [6.07, 6.45) is 4.58. The summed E-state index contributed by atoms with van der Waals surface area (Å²) in [6.45, 7) is 5.17. The summed E-state index contributed by atoms with van der Waals surface area (Å²) in [6, 6.07) is 9.75. The molecule has 4 heteroatoms. The van der Waals surface area contributed by atoms with E-state index in [0.29, 0.717) is 5.56 Å². The number of hydrogen-bond donors (Lipinski definition) is 1. The minimum atomic E-state index is 0.650. The third-order valence-electron chi connectivity index (χ3n) is 3.25. The number of aromatic nitrogens is 2. The van der Waals surface area contributed by atoms with Crippen LogP contribution < -0.4 is 5.32 Å². The molecule has 1 heterocycles. The van der Waals surface area contributed by atoms with Gasteiger partial charge < -0.3 is 5.32 Å². The summed E-state index contributed by atoms with van der Waals surface area (Å²) in [5, 5.41) is 12.4. The largest absolute Gasteiger partial charge is 0.370 e. The Balaban J connectivity index is 2.48. The first-order valence-corrected chi connectivity index (χ1v) is 7.38. The lowest BCUT2D eigenvalue weighted by molar-refractivity contribution is 0.892. The highest BCUT2D eigenvalue weighted by atomic mass is 15.0. The molecular weight excluding hydrogens is 260 g/mol. The van der Waals surface area contributed by atoms with Crippen molar-refractivity contribution in [3.63, 3.8) is 0 Å². The van der Waals surface area contributed by atoms with Gasteiger partial charge in [0.25, 0.3) is 0 Å². The Bertz CT molecular complexity index is 643. The number of benzene rings is 1. The topological polar surface area (TPSA) is 61.6 Å². The Morgan fingerprint density at radius 1 is 1.19 bits per heavy atom. The van der Waals surface area contributed by atoms with Crippen molar-refractivity contribution in [1.29, 1.82) is 5.26 Å². The van der Waals surface area contributed by atoms with E-state index in [2.05, 4.69) is 35.2 Å². The predicted octanol–water partition coefficient (Wildman–Crippen LogP) is 3.79. The normalized spacial score (nSPS) is 10.1. The van der Waals surface area contributed by atoms with Gasteiger partial charge in [0, 0.05) is 17.7 Å². The molecule has 4 nitrogen and oxygen atoms in total. The Hall–Kier alpha value is -2.41. The van der Waals surface area contributed by atoms with Crippen molar-refractivity contribution in [3.05, 3.63) is 41.7 Å². The van der Waals surface area contributed by atoms with Gasteiger partial charge in [-0.15, -0.1) is 0 Å². The number of nitrogens with one attached hydrogen (secondary N) is 1. The standard InChI is InChI=1S/C17H20N4/c1-3-6-15-16(14-8-5-7-13(10-14)11-18)20-12-21-17(15)19-9-4-2/h5,7-8,10,12H,3-4,6,9H2,1-2H3,(H,19,20,21). The molecule has 0 spiro atoms. The molecule has 0 radical (unpaired) electrons. The van der Waals surface area contributed by atoms with Gasteiger partial charge in [-0.2, -0.15) is 5.26 Å². The lowest BCUT2D eigenvalue weighted by atomic mass is 10.0. The zero-order chi connectivity index (χ0) is 15.1. The van der Waals surface area contributed by atoms with Gasteiger partial charge >= 0.3 is 0 Å². The van der Waals surface area contributed by atoms with Crippen LogP contribution in [0.15, 0.2) is 30.6 Å². The first-order chi connectivity index (χ1) is 10.3. The Morgan fingerprint density at radius 2 is 2.05 bits per heavy atom. The van der Waals surface area contributed by atoms with Gasteiger partial charge in [0.15, 0.2) is 0 Å². The van der Waals surface area contributed by atoms with Gasteiger partial charge in [-0.3, -0.25) is 0 Å². The van der Waals surface area contributed by atoms with E-state index in [0.717, 1.165) is 48.4 Å². The van der Waals surface area contributed by atoms with Crippen molar-refractivity contribution < 1.29 is 0 Å². The minimum absolute atomic E-state index is 0.650. The van der Waals surface area contributed by atoms with Crippen LogP contribution in [0.5, 0.6) is 0 Å². The third kappa shape index (κ3) is 3.57. The number of nitriles is 1. The number of nitrogens with zero attached hydrogens (tertiary/aromatic N) is 3. The second-order valence-electron chi connectivity index (χ2n) is 4.92. The molecule has 0 fully saturated rings. The fourth-order valence-corrected chi connectivity index (χ4v) is 2.28. The maximum Gasteiger partial charge on any atom is 0.133 e. The number of rotatable bonds is 6. The van der Waals surface area contributed by atoms with Gasteiger partial charge in [0.05, 0.1) is 17.3 Å². The molecule has 0 aliphatic carbocycles. The first-order valence-electron chi connectivity index (χ1n) is 7.38. The SMILES string of the molecule is CCCNc1ncnc(-c2cccc(C#N)c2)c1CCC. The molecule has 0 atom stereocenters. The average Bonchev–Trinajstić information content (AvgIpc) is 2.54. The number of hydrogen-bond acceptors (Lipinski definition) is 4. The lowest BCUT2D eigenvalue weighted by Gasteiger charge is -2.14. The predicted molar refractivity (Wildman–Crippen MR) is 85.0 cm³/mol. The summed E-state index contributed by atoms with van der Waals surface area (Å²) in [5.41, 5.74) is 3.67. The first kappa shape index (κ1) is 15.0. The monoisotopic (exact) mass is 280 g/mol. The maximum absolute atomic E-state index is 9.06. The van der Waals surface area contributed by atoms with Gasteiger partial charge in [0.2, 0.25) is 0 Å². The van der Waals surface area contributed by atoms with E-state index in [1.165, 1.54) is 0 Å². The molecule has 1 aromatic carbocycles. The zero-order valence-electron chi connectivity index (χ0n) is 12.6. The van der Waals surface area contributed by atoms with E-state index in [1.54, 1.807) is 12.4 Å². The molecule has 0 aliphatic heterocycles.